The van der Waals surface area contributed by atoms with E-state index in [4.69, 9.17) is 56.8 Å². The van der Waals surface area contributed by atoms with Crippen molar-refractivity contribution in [3.8, 4) is 69.0 Å². The number of hydrogen-bond acceptors (Lipinski definition) is 12. The highest BCUT2D eigenvalue weighted by Gasteiger charge is 2.28. The molecule has 0 saturated carbocycles. The Balaban J connectivity index is 0.000000251. The Morgan fingerprint density at radius 2 is 0.409 bits per heavy atom. The monoisotopic (exact) mass is 1200 g/mol. The first-order valence-corrected chi connectivity index (χ1v) is 30.4. The van der Waals surface area contributed by atoms with Crippen molar-refractivity contribution in [3.63, 3.8) is 0 Å². The fourth-order valence-electron chi connectivity index (χ4n) is 12.3. The summed E-state index contributed by atoms with van der Waals surface area (Å²) in [7, 11) is 19.9. The third kappa shape index (κ3) is 18.7. The lowest BCUT2D eigenvalue weighted by Crippen LogP contribution is -2.23. The third-order valence-electron chi connectivity index (χ3n) is 16.7. The normalized spacial score (nSPS) is 12.2. The maximum Gasteiger partial charge on any atom is 0.203 e. The van der Waals surface area contributed by atoms with Gasteiger partial charge in [0.2, 0.25) is 23.0 Å². The Morgan fingerprint density at radius 1 is 0.216 bits per heavy atom. The average Bonchev–Trinajstić information content (AvgIpc) is 3.71. The van der Waals surface area contributed by atoms with Gasteiger partial charge in [-0.25, -0.2) is 0 Å². The van der Waals surface area contributed by atoms with Crippen LogP contribution in [0.2, 0.25) is 0 Å². The Kier molecular flexibility index (Phi) is 26.8. The second-order valence-electron chi connectivity index (χ2n) is 22.1. The average molecular weight is 1200 g/mol. The molecule has 8 aromatic carbocycles. The molecular formula is C76H92O12. The van der Waals surface area contributed by atoms with Crippen LogP contribution in [0.4, 0.5) is 0 Å². The highest BCUT2D eigenvalue weighted by molar-refractivity contribution is 5.57. The van der Waals surface area contributed by atoms with Gasteiger partial charge >= 0.3 is 0 Å². The molecule has 8 aromatic rings. The van der Waals surface area contributed by atoms with Gasteiger partial charge in [-0.3, -0.25) is 0 Å². The van der Waals surface area contributed by atoms with Gasteiger partial charge in [0.05, 0.1) is 85.3 Å². The van der Waals surface area contributed by atoms with Crippen molar-refractivity contribution in [3.05, 3.63) is 214 Å². The van der Waals surface area contributed by atoms with E-state index in [1.807, 2.05) is 0 Å². The van der Waals surface area contributed by atoms with E-state index >= 15 is 0 Å². The molecule has 0 aliphatic carbocycles. The molecule has 0 radical (unpaired) electrons. The number of aryl methyl sites for hydroxylation is 2. The number of methoxy groups -OCH3 is 12. The first-order valence-electron chi connectivity index (χ1n) is 30.4. The van der Waals surface area contributed by atoms with Gasteiger partial charge in [-0.05, 0) is 194 Å². The van der Waals surface area contributed by atoms with Crippen molar-refractivity contribution >= 4 is 0 Å². The molecule has 8 rings (SSSR count). The Bertz CT molecular complexity index is 3000. The van der Waals surface area contributed by atoms with Crippen LogP contribution in [0.3, 0.4) is 0 Å². The first kappa shape index (κ1) is 66.9. The summed E-state index contributed by atoms with van der Waals surface area (Å²) in [6.07, 6.45) is 11.7. The van der Waals surface area contributed by atoms with Crippen LogP contribution in [0, 0.1) is 23.7 Å². The first-order chi connectivity index (χ1) is 43.0. The van der Waals surface area contributed by atoms with Gasteiger partial charge in [0.1, 0.15) is 0 Å². The zero-order valence-electron chi connectivity index (χ0n) is 53.9. The quantitative estimate of drug-likeness (QED) is 0.0383. The fraction of sp³-hybridized carbons (Fsp3) is 0.368. The van der Waals surface area contributed by atoms with Crippen LogP contribution >= 0.6 is 0 Å². The predicted octanol–water partition coefficient (Wildman–Crippen LogP) is 16.0. The molecule has 0 spiro atoms. The van der Waals surface area contributed by atoms with Crippen LogP contribution in [-0.4, -0.2) is 85.3 Å². The minimum absolute atomic E-state index is 0.329. The summed E-state index contributed by atoms with van der Waals surface area (Å²) in [5.41, 5.74) is 9.99. The van der Waals surface area contributed by atoms with Gasteiger partial charge in [0.15, 0.2) is 46.0 Å². The molecule has 0 heterocycles. The molecule has 0 fully saturated rings. The van der Waals surface area contributed by atoms with E-state index in [0.717, 1.165) is 99.3 Å². The standard InChI is InChI=1S/2C38H46O6/c2*1-39-33-23-29(24-34(40-2)37(33)43-5)21-31(19-13-18-27-14-9-7-10-15-27)32(20-28-16-11-8-12-17-28)22-30-25-35(41-3)38(44-6)36(26-30)42-4/h2*7-12,14-17,23-26,31-32H,13,18-22H2,1-6H3/t2*31-,32-/m10/s1. The zero-order chi connectivity index (χ0) is 62.6. The van der Waals surface area contributed by atoms with E-state index in [1.165, 1.54) is 22.3 Å². The minimum Gasteiger partial charge on any atom is -0.493 e. The largest absolute Gasteiger partial charge is 0.493 e. The van der Waals surface area contributed by atoms with E-state index in [0.29, 0.717) is 92.7 Å². The lowest BCUT2D eigenvalue weighted by atomic mass is 9.76. The summed E-state index contributed by atoms with van der Waals surface area (Å²) in [6, 6.07) is 59.7. The summed E-state index contributed by atoms with van der Waals surface area (Å²) < 4.78 is 68.2. The summed E-state index contributed by atoms with van der Waals surface area (Å²) in [5, 5.41) is 0. The Labute approximate surface area is 523 Å². The van der Waals surface area contributed by atoms with Crippen LogP contribution in [0.25, 0.3) is 0 Å². The molecule has 88 heavy (non-hydrogen) atoms. The van der Waals surface area contributed by atoms with Crippen LogP contribution in [0.15, 0.2) is 170 Å². The van der Waals surface area contributed by atoms with E-state index in [1.54, 1.807) is 85.3 Å². The van der Waals surface area contributed by atoms with E-state index < -0.39 is 0 Å². The summed E-state index contributed by atoms with van der Waals surface area (Å²) in [4.78, 5) is 0. The van der Waals surface area contributed by atoms with Crippen LogP contribution in [-0.2, 0) is 51.4 Å². The van der Waals surface area contributed by atoms with E-state index in [9.17, 15) is 0 Å². The summed E-state index contributed by atoms with van der Waals surface area (Å²) in [6.45, 7) is 0. The van der Waals surface area contributed by atoms with Crippen molar-refractivity contribution in [1.82, 2.24) is 0 Å². The van der Waals surface area contributed by atoms with Crippen molar-refractivity contribution in [2.24, 2.45) is 23.7 Å². The summed E-state index contributed by atoms with van der Waals surface area (Å²) >= 11 is 0. The number of hydrogen-bond donors (Lipinski definition) is 0. The third-order valence-corrected chi connectivity index (χ3v) is 16.7. The molecule has 0 amide bonds. The second kappa shape index (κ2) is 35.2. The van der Waals surface area contributed by atoms with Crippen LogP contribution in [0.1, 0.15) is 70.2 Å². The minimum atomic E-state index is 0.329. The lowest BCUT2D eigenvalue weighted by Gasteiger charge is -2.29. The molecule has 0 bridgehead atoms. The molecule has 0 saturated heterocycles. The fourth-order valence-corrected chi connectivity index (χ4v) is 12.3. The Morgan fingerprint density at radius 3 is 0.614 bits per heavy atom. The molecule has 0 unspecified atom stereocenters. The van der Waals surface area contributed by atoms with Gasteiger partial charge in [0, 0.05) is 0 Å². The molecule has 0 aliphatic heterocycles. The molecule has 0 N–H and O–H groups in total. The molecule has 0 aliphatic rings. The number of rotatable bonds is 34. The molecular weight excluding hydrogens is 1100 g/mol. The zero-order valence-corrected chi connectivity index (χ0v) is 53.9. The van der Waals surface area contributed by atoms with Gasteiger partial charge < -0.3 is 56.8 Å². The summed E-state index contributed by atoms with van der Waals surface area (Å²) in [5.74, 6) is 9.20. The van der Waals surface area contributed by atoms with Crippen LogP contribution in [0.5, 0.6) is 69.0 Å². The highest BCUT2D eigenvalue weighted by Crippen LogP contribution is 2.45. The molecule has 12 nitrogen and oxygen atoms in total. The van der Waals surface area contributed by atoms with Crippen molar-refractivity contribution in [1.29, 1.82) is 0 Å². The van der Waals surface area contributed by atoms with Gasteiger partial charge in [-0.2, -0.15) is 0 Å². The van der Waals surface area contributed by atoms with E-state index in [2.05, 4.69) is 170 Å². The molecule has 4 atom stereocenters. The maximum atomic E-state index is 5.72. The number of benzene rings is 8. The van der Waals surface area contributed by atoms with Gasteiger partial charge in [0.25, 0.3) is 0 Å². The Hall–Kier alpha value is -8.64. The van der Waals surface area contributed by atoms with Crippen molar-refractivity contribution < 1.29 is 56.8 Å². The second-order valence-corrected chi connectivity index (χ2v) is 22.1. The van der Waals surface area contributed by atoms with E-state index in [-0.39, 0.29) is 0 Å². The topological polar surface area (TPSA) is 111 Å². The van der Waals surface area contributed by atoms with Crippen molar-refractivity contribution in [2.45, 2.75) is 77.0 Å². The van der Waals surface area contributed by atoms with Crippen molar-refractivity contribution in [2.75, 3.05) is 85.3 Å². The highest BCUT2D eigenvalue weighted by atomic mass is 16.5. The SMILES string of the molecule is COc1cc(C[C@@H](Cc2ccccc2)[C@H](CCCc2ccccc2)Cc2cc(OC)c(OC)c(OC)c2)cc(OC)c1OC.COc1cc(C[C@H](Cc2ccccc2)[C@@H](CCCc2ccccc2)Cc2cc(OC)c(OC)c(OC)c2)cc(OC)c1OC. The van der Waals surface area contributed by atoms with Crippen LogP contribution < -0.4 is 56.8 Å². The maximum absolute atomic E-state index is 5.72. The number of ether oxygens (including phenoxy) is 12. The lowest BCUT2D eigenvalue weighted by molar-refractivity contribution is 0.294. The smallest absolute Gasteiger partial charge is 0.203 e. The van der Waals surface area contributed by atoms with Gasteiger partial charge in [-0.15, -0.1) is 0 Å². The van der Waals surface area contributed by atoms with Gasteiger partial charge in [-0.1, -0.05) is 121 Å². The molecule has 0 aromatic heterocycles. The molecule has 468 valence electrons. The molecule has 12 heteroatoms. The predicted molar refractivity (Wildman–Crippen MR) is 352 cm³/mol.